The Morgan fingerprint density at radius 2 is 0.795 bits per heavy atom. The van der Waals surface area contributed by atoms with Crippen LogP contribution in [0.3, 0.4) is 0 Å². The fraction of sp³-hybridized carbons (Fsp3) is 0.308. The third-order valence-corrected chi connectivity index (χ3v) is 8.03. The van der Waals surface area contributed by atoms with Gasteiger partial charge in [-0.15, -0.1) is 0 Å². The monoisotopic (exact) mass is 625 g/mol. The molecule has 0 unspecified atom stereocenters. The second kappa shape index (κ2) is 16.4. The van der Waals surface area contributed by atoms with Crippen molar-refractivity contribution in [3.63, 3.8) is 0 Å². The Balaban J connectivity index is 0.000000519. The van der Waals surface area contributed by atoms with Gasteiger partial charge in [0.15, 0.2) is 5.79 Å². The summed E-state index contributed by atoms with van der Waals surface area (Å²) in [6.45, 7) is 10.1. The predicted octanol–water partition coefficient (Wildman–Crippen LogP) is 8.33. The van der Waals surface area contributed by atoms with E-state index in [1.165, 1.54) is 38.2 Å². The Morgan fingerprint density at radius 3 is 1.00 bits per heavy atom. The van der Waals surface area contributed by atoms with E-state index in [0.29, 0.717) is 22.3 Å². The fourth-order valence-electron chi connectivity index (χ4n) is 6.01. The molecule has 0 aromatic heterocycles. The molecule has 0 bridgehead atoms. The largest absolute Gasteiger partial charge is 4.00 e. The molecule has 1 aliphatic heterocycles. The normalized spacial score (nSPS) is 18.9. The van der Waals surface area contributed by atoms with Crippen LogP contribution >= 0.6 is 0 Å². The number of ether oxygens (including phenoxy) is 2. The van der Waals surface area contributed by atoms with Crippen LogP contribution in [-0.4, -0.2) is 28.2 Å². The summed E-state index contributed by atoms with van der Waals surface area (Å²) in [5.41, 5.74) is -0.564. The van der Waals surface area contributed by atoms with Crippen molar-refractivity contribution in [2.45, 2.75) is 75.1 Å². The molecule has 2 fully saturated rings. The number of aliphatic hydroxyl groups is 2. The Morgan fingerprint density at radius 1 is 0.591 bits per heavy atom. The number of rotatable bonds is 6. The summed E-state index contributed by atoms with van der Waals surface area (Å²) in [4.78, 5) is 0. The van der Waals surface area contributed by atoms with E-state index < -0.39 is 29.2 Å². The first kappa shape index (κ1) is 35.5. The molecule has 5 heteroatoms. The first-order valence-corrected chi connectivity index (χ1v) is 15.2. The molecular formula is C39H45O4Ti+3. The van der Waals surface area contributed by atoms with Crippen molar-refractivity contribution in [3.05, 3.63) is 163 Å². The molecule has 226 valence electrons. The van der Waals surface area contributed by atoms with Crippen molar-refractivity contribution < 1.29 is 41.4 Å². The third-order valence-electron chi connectivity index (χ3n) is 8.03. The number of allylic oxidation sites excluding steroid dienone is 1. The van der Waals surface area contributed by atoms with E-state index in [1.807, 2.05) is 135 Å². The Kier molecular flexibility index (Phi) is 13.2. The minimum absolute atomic E-state index is 0. The van der Waals surface area contributed by atoms with Gasteiger partial charge in [-0.25, -0.2) is 19.6 Å². The van der Waals surface area contributed by atoms with Gasteiger partial charge < -0.3 is 19.7 Å². The van der Waals surface area contributed by atoms with E-state index in [2.05, 4.69) is 13.5 Å². The zero-order chi connectivity index (χ0) is 30.8. The maximum absolute atomic E-state index is 12.6. The minimum atomic E-state index is -1.60. The molecule has 0 radical (unpaired) electrons. The van der Waals surface area contributed by atoms with Crippen LogP contribution in [0.15, 0.2) is 134 Å². The van der Waals surface area contributed by atoms with Gasteiger partial charge in [0.25, 0.3) is 0 Å². The molecular weight excluding hydrogens is 580 g/mol. The van der Waals surface area contributed by atoms with Crippen LogP contribution in [-0.2, 0) is 42.4 Å². The molecule has 2 atom stereocenters. The average Bonchev–Trinajstić information content (AvgIpc) is 3.75. The molecule has 1 saturated heterocycles. The summed E-state index contributed by atoms with van der Waals surface area (Å²) in [5.74, 6) is -1.05. The molecule has 1 saturated carbocycles. The molecule has 1 aliphatic carbocycles. The first-order chi connectivity index (χ1) is 20.8. The van der Waals surface area contributed by atoms with E-state index in [0.717, 1.165) is 0 Å². The van der Waals surface area contributed by atoms with Crippen LogP contribution < -0.4 is 0 Å². The summed E-state index contributed by atoms with van der Waals surface area (Å²) in [6, 6.07) is 37.8. The molecule has 44 heavy (non-hydrogen) atoms. The summed E-state index contributed by atoms with van der Waals surface area (Å²) >= 11 is 0. The van der Waals surface area contributed by atoms with E-state index in [4.69, 9.17) is 9.47 Å². The predicted molar refractivity (Wildman–Crippen MR) is 174 cm³/mol. The van der Waals surface area contributed by atoms with Gasteiger partial charge in [0.05, 0.1) is 0 Å². The molecule has 0 amide bonds. The van der Waals surface area contributed by atoms with Crippen molar-refractivity contribution in [2.75, 3.05) is 0 Å². The second-order valence-electron chi connectivity index (χ2n) is 11.5. The number of benzene rings is 4. The van der Waals surface area contributed by atoms with Gasteiger partial charge in [-0.1, -0.05) is 153 Å². The van der Waals surface area contributed by atoms with Crippen LogP contribution in [0.25, 0.3) is 0 Å². The van der Waals surface area contributed by atoms with Crippen molar-refractivity contribution in [1.82, 2.24) is 0 Å². The van der Waals surface area contributed by atoms with Gasteiger partial charge in [0.2, 0.25) is 0 Å². The van der Waals surface area contributed by atoms with E-state index in [9.17, 15) is 10.2 Å². The smallest absolute Gasteiger partial charge is 0.378 e. The molecule has 2 aliphatic rings. The maximum Gasteiger partial charge on any atom is 4.00 e. The van der Waals surface area contributed by atoms with Gasteiger partial charge >= 0.3 is 21.7 Å². The van der Waals surface area contributed by atoms with Crippen molar-refractivity contribution in [3.8, 4) is 0 Å². The van der Waals surface area contributed by atoms with Crippen molar-refractivity contribution in [2.24, 2.45) is 0 Å². The average molecular weight is 626 g/mol. The summed E-state index contributed by atoms with van der Waals surface area (Å²) in [6.07, 6.45) is 7.13. The van der Waals surface area contributed by atoms with Crippen LogP contribution in [0.5, 0.6) is 0 Å². The third kappa shape index (κ3) is 8.00. The Bertz CT molecular complexity index is 1190. The van der Waals surface area contributed by atoms with E-state index >= 15 is 0 Å². The molecule has 4 nitrogen and oxygen atoms in total. The van der Waals surface area contributed by atoms with Gasteiger partial charge in [0.1, 0.15) is 23.4 Å². The summed E-state index contributed by atoms with van der Waals surface area (Å²) in [7, 11) is 0. The minimum Gasteiger partial charge on any atom is -0.378 e. The topological polar surface area (TPSA) is 58.9 Å². The molecule has 1 heterocycles. The number of hydrogen-bond donors (Lipinski definition) is 2. The van der Waals surface area contributed by atoms with Crippen molar-refractivity contribution in [1.29, 1.82) is 0 Å². The molecule has 2 N–H and O–H groups in total. The van der Waals surface area contributed by atoms with Gasteiger partial charge in [-0.05, 0) is 36.1 Å². The first-order valence-electron chi connectivity index (χ1n) is 15.2. The molecule has 4 aromatic carbocycles. The summed E-state index contributed by atoms with van der Waals surface area (Å²) < 4.78 is 13.0. The zero-order valence-electron chi connectivity index (χ0n) is 25.9. The number of hydrogen-bond acceptors (Lipinski definition) is 4. The Labute approximate surface area is 278 Å². The molecule has 6 rings (SSSR count). The SMILES string of the molecule is C1CCCC1.C=C[CH2-].CC1(C)O[C@@H](C(O)(c2ccccc2)c2ccccc2)[C@H](C(O)(c2ccccc2)c2ccccc2)O1.[Ti+4]. The van der Waals surface area contributed by atoms with Gasteiger partial charge in [-0.2, -0.15) is 0 Å². The fourth-order valence-corrected chi connectivity index (χ4v) is 6.01. The Hall–Kier alpha value is -2.96. The van der Waals surface area contributed by atoms with Crippen LogP contribution in [0.4, 0.5) is 0 Å². The standard InChI is InChI=1S/C31H30O4.C5H10.C3H5.Ti/c1-29(2)34-27(30(32,23-15-7-3-8-16-23)24-17-9-4-10-18-24)28(35-29)31(33,25-19-11-5-12-20-25)26-21-13-6-14-22-26;1-2-4-5-3-1;1-3-2;/h3-22,27-28,32-33H,1-2H3;1-5H2;3H,1-2H2;/q;;-1;+4/t27-,28-;;;/m1.../s1. The summed E-state index contributed by atoms with van der Waals surface area (Å²) in [5, 5.41) is 25.2. The molecule has 4 aromatic rings. The maximum atomic E-state index is 12.6. The van der Waals surface area contributed by atoms with E-state index in [1.54, 1.807) is 0 Å². The van der Waals surface area contributed by atoms with Gasteiger partial charge in [0, 0.05) is 0 Å². The van der Waals surface area contributed by atoms with Crippen LogP contribution in [0.1, 0.15) is 68.2 Å². The van der Waals surface area contributed by atoms with Crippen LogP contribution in [0, 0.1) is 6.92 Å². The quantitative estimate of drug-likeness (QED) is 0.167. The molecule has 0 spiro atoms. The van der Waals surface area contributed by atoms with Crippen LogP contribution in [0.2, 0.25) is 0 Å². The van der Waals surface area contributed by atoms with Gasteiger partial charge in [-0.3, -0.25) is 0 Å². The van der Waals surface area contributed by atoms with Crippen molar-refractivity contribution >= 4 is 0 Å². The zero-order valence-corrected chi connectivity index (χ0v) is 27.5. The van der Waals surface area contributed by atoms with E-state index in [-0.39, 0.29) is 21.7 Å². The second-order valence-corrected chi connectivity index (χ2v) is 11.5.